The van der Waals surface area contributed by atoms with Crippen molar-refractivity contribution in [2.45, 2.75) is 0 Å². The minimum absolute atomic E-state index is 0.627. The topological polar surface area (TPSA) is 38.7 Å². The zero-order valence-corrected chi connectivity index (χ0v) is 36.0. The van der Waals surface area contributed by atoms with E-state index in [1.54, 1.807) is 0 Å². The van der Waals surface area contributed by atoms with Gasteiger partial charge in [-0.1, -0.05) is 224 Å². The maximum Gasteiger partial charge on any atom is 0.164 e. The van der Waals surface area contributed by atoms with Crippen LogP contribution in [0.1, 0.15) is 0 Å². The van der Waals surface area contributed by atoms with Gasteiger partial charge in [-0.2, -0.15) is 0 Å². The average Bonchev–Trinajstić information content (AvgIpc) is 3.40. The Labute approximate surface area is 384 Å². The van der Waals surface area contributed by atoms with Crippen LogP contribution in [0.25, 0.3) is 122 Å². The van der Waals surface area contributed by atoms with E-state index in [2.05, 4.69) is 224 Å². The molecule has 1 heterocycles. The molecule has 66 heavy (non-hydrogen) atoms. The lowest BCUT2D eigenvalue weighted by molar-refractivity contribution is 1.08. The van der Waals surface area contributed by atoms with Crippen molar-refractivity contribution in [3.8, 4) is 89.8 Å². The van der Waals surface area contributed by atoms with Gasteiger partial charge in [0.15, 0.2) is 17.5 Å². The average molecular weight is 840 g/mol. The fraction of sp³-hybridized carbons (Fsp3) is 0. The molecule has 0 unspecified atom stereocenters. The van der Waals surface area contributed by atoms with Gasteiger partial charge in [-0.3, -0.25) is 0 Å². The molecule has 0 aliphatic heterocycles. The zero-order valence-electron chi connectivity index (χ0n) is 36.0. The zero-order chi connectivity index (χ0) is 43.8. The molecule has 308 valence electrons. The highest BCUT2D eigenvalue weighted by Crippen LogP contribution is 2.47. The van der Waals surface area contributed by atoms with E-state index in [0.717, 1.165) is 44.2 Å². The molecule has 11 aromatic carbocycles. The molecule has 12 aromatic rings. The van der Waals surface area contributed by atoms with Gasteiger partial charge in [-0.05, 0) is 112 Å². The van der Waals surface area contributed by atoms with Crippen LogP contribution in [0.2, 0.25) is 0 Å². The van der Waals surface area contributed by atoms with E-state index in [0.29, 0.717) is 17.5 Å². The third-order valence-electron chi connectivity index (χ3n) is 12.7. The van der Waals surface area contributed by atoms with Gasteiger partial charge in [0.05, 0.1) is 0 Å². The molecular formula is C63H41N3. The first-order chi connectivity index (χ1) is 32.7. The fourth-order valence-corrected chi connectivity index (χ4v) is 9.69. The van der Waals surface area contributed by atoms with Crippen molar-refractivity contribution < 1.29 is 0 Å². The summed E-state index contributed by atoms with van der Waals surface area (Å²) in [6.45, 7) is 0. The summed E-state index contributed by atoms with van der Waals surface area (Å²) in [5.41, 5.74) is 14.5. The van der Waals surface area contributed by atoms with Gasteiger partial charge < -0.3 is 0 Å². The Hall–Kier alpha value is -8.79. The fourth-order valence-electron chi connectivity index (χ4n) is 9.69. The summed E-state index contributed by atoms with van der Waals surface area (Å²) < 4.78 is 0. The molecule has 0 fully saturated rings. The summed E-state index contributed by atoms with van der Waals surface area (Å²) in [5.74, 6) is 1.89. The molecule has 0 aliphatic carbocycles. The Morgan fingerprint density at radius 1 is 0.182 bits per heavy atom. The summed E-state index contributed by atoms with van der Waals surface area (Å²) in [6, 6.07) is 88.5. The number of hydrogen-bond donors (Lipinski definition) is 0. The summed E-state index contributed by atoms with van der Waals surface area (Å²) in [5, 5.41) is 7.00. The molecule has 0 amide bonds. The Kier molecular flexibility index (Phi) is 9.85. The Balaban J connectivity index is 1.08. The third-order valence-corrected chi connectivity index (χ3v) is 12.7. The number of fused-ring (bicyclic) bond motifs is 3. The minimum atomic E-state index is 0.627. The maximum absolute atomic E-state index is 5.32. The lowest BCUT2D eigenvalue weighted by atomic mass is 9.83. The molecule has 1 aromatic heterocycles. The van der Waals surface area contributed by atoms with Crippen LogP contribution in [0.4, 0.5) is 0 Å². The largest absolute Gasteiger partial charge is 0.208 e. The normalized spacial score (nSPS) is 11.3. The van der Waals surface area contributed by atoms with Gasteiger partial charge in [-0.15, -0.1) is 0 Å². The van der Waals surface area contributed by atoms with Crippen LogP contribution in [0.5, 0.6) is 0 Å². The van der Waals surface area contributed by atoms with Crippen LogP contribution in [0.15, 0.2) is 249 Å². The van der Waals surface area contributed by atoms with Gasteiger partial charge in [0.1, 0.15) is 0 Å². The molecule has 12 rings (SSSR count). The van der Waals surface area contributed by atoms with Crippen LogP contribution >= 0.6 is 0 Å². The summed E-state index contributed by atoms with van der Waals surface area (Å²) in [6.07, 6.45) is 0. The van der Waals surface area contributed by atoms with Crippen molar-refractivity contribution in [1.29, 1.82) is 0 Å². The first kappa shape index (κ1) is 38.9. The van der Waals surface area contributed by atoms with Crippen LogP contribution in [0, 0.1) is 0 Å². The van der Waals surface area contributed by atoms with Crippen LogP contribution in [0.3, 0.4) is 0 Å². The number of rotatable bonds is 8. The van der Waals surface area contributed by atoms with Crippen molar-refractivity contribution in [3.63, 3.8) is 0 Å². The predicted molar refractivity (Wildman–Crippen MR) is 276 cm³/mol. The number of nitrogens with zero attached hydrogens (tertiary/aromatic N) is 3. The molecule has 0 atom stereocenters. The van der Waals surface area contributed by atoms with Gasteiger partial charge in [0.2, 0.25) is 0 Å². The van der Waals surface area contributed by atoms with E-state index in [9.17, 15) is 0 Å². The molecule has 0 saturated carbocycles. The molecule has 3 nitrogen and oxygen atoms in total. The second-order valence-corrected chi connectivity index (χ2v) is 16.7. The van der Waals surface area contributed by atoms with Gasteiger partial charge in [-0.25, -0.2) is 15.0 Å². The molecular weight excluding hydrogens is 799 g/mol. The quantitative estimate of drug-likeness (QED) is 0.143. The van der Waals surface area contributed by atoms with Crippen molar-refractivity contribution in [3.05, 3.63) is 249 Å². The third kappa shape index (κ3) is 7.00. The smallest absolute Gasteiger partial charge is 0.164 e. The van der Waals surface area contributed by atoms with Gasteiger partial charge in [0.25, 0.3) is 0 Å². The van der Waals surface area contributed by atoms with Crippen LogP contribution < -0.4 is 0 Å². The highest BCUT2D eigenvalue weighted by atomic mass is 15.0. The molecule has 0 radical (unpaired) electrons. The van der Waals surface area contributed by atoms with E-state index in [4.69, 9.17) is 15.0 Å². The second-order valence-electron chi connectivity index (χ2n) is 16.7. The van der Waals surface area contributed by atoms with E-state index in [1.807, 2.05) is 24.3 Å². The van der Waals surface area contributed by atoms with Crippen molar-refractivity contribution in [1.82, 2.24) is 15.0 Å². The molecule has 3 heteroatoms. The lowest BCUT2D eigenvalue weighted by Gasteiger charge is -2.20. The Morgan fingerprint density at radius 3 is 1.06 bits per heavy atom. The maximum atomic E-state index is 5.32. The summed E-state index contributed by atoms with van der Waals surface area (Å²) >= 11 is 0. The number of hydrogen-bond acceptors (Lipinski definition) is 3. The first-order valence-electron chi connectivity index (χ1n) is 22.4. The molecule has 0 N–H and O–H groups in total. The first-order valence-corrected chi connectivity index (χ1v) is 22.4. The van der Waals surface area contributed by atoms with Gasteiger partial charge in [0, 0.05) is 16.7 Å². The highest BCUT2D eigenvalue weighted by molar-refractivity contribution is 6.24. The van der Waals surface area contributed by atoms with E-state index in [1.165, 1.54) is 60.5 Å². The Bertz CT molecular complexity index is 3620. The minimum Gasteiger partial charge on any atom is -0.208 e. The standard InChI is InChI=1S/C63H41N3/c1-5-21-42(22-6-1)46-39-47(43-23-7-2-8-24-43)41-48(40-46)59-52-32-16-18-34-54(52)60(55-35-19-17-33-53(55)59)56-37-38-58(51-31-15-14-30-50(51)56)63-65-61(45-27-11-4-12-28-45)64-62(66-63)57-36-20-13-29-49(57)44-25-9-3-10-26-44/h1-41H. The highest BCUT2D eigenvalue weighted by Gasteiger charge is 2.22. The monoisotopic (exact) mass is 839 g/mol. The van der Waals surface area contributed by atoms with Crippen molar-refractivity contribution >= 4 is 32.3 Å². The molecule has 0 bridgehead atoms. The lowest BCUT2D eigenvalue weighted by Crippen LogP contribution is -2.01. The van der Waals surface area contributed by atoms with Crippen molar-refractivity contribution in [2.24, 2.45) is 0 Å². The number of benzene rings is 11. The SMILES string of the molecule is c1ccc(-c2cc(-c3ccccc3)cc(-c3c4ccccc4c(-c4ccc(-c5nc(-c6ccccc6)nc(-c6ccccc6-c6ccccc6)n5)c5ccccc45)c4ccccc34)c2)cc1. The summed E-state index contributed by atoms with van der Waals surface area (Å²) in [4.78, 5) is 15.7. The second kappa shape index (κ2) is 16.7. The van der Waals surface area contributed by atoms with E-state index >= 15 is 0 Å². The van der Waals surface area contributed by atoms with E-state index in [-0.39, 0.29) is 0 Å². The predicted octanol–water partition coefficient (Wildman–Crippen LogP) is 16.7. The van der Waals surface area contributed by atoms with Crippen LogP contribution in [-0.4, -0.2) is 15.0 Å². The molecule has 0 saturated heterocycles. The molecule has 0 spiro atoms. The number of aromatic nitrogens is 3. The van der Waals surface area contributed by atoms with Gasteiger partial charge >= 0.3 is 0 Å². The Morgan fingerprint density at radius 2 is 0.530 bits per heavy atom. The van der Waals surface area contributed by atoms with Crippen molar-refractivity contribution in [2.75, 3.05) is 0 Å². The van der Waals surface area contributed by atoms with Crippen LogP contribution in [-0.2, 0) is 0 Å². The molecule has 0 aliphatic rings. The summed E-state index contributed by atoms with van der Waals surface area (Å²) in [7, 11) is 0. The van der Waals surface area contributed by atoms with E-state index < -0.39 is 0 Å².